The smallest absolute Gasteiger partial charge is 0.174 e. The zero-order valence-corrected chi connectivity index (χ0v) is 7.46. The van der Waals surface area contributed by atoms with Gasteiger partial charge in [-0.3, -0.25) is 5.01 Å². The van der Waals surface area contributed by atoms with Gasteiger partial charge >= 0.3 is 0 Å². The van der Waals surface area contributed by atoms with Crippen molar-refractivity contribution >= 4 is 21.6 Å². The van der Waals surface area contributed by atoms with Crippen molar-refractivity contribution in [1.29, 1.82) is 0 Å². The number of allylic oxidation sites excluding steroid dienone is 1. The van der Waals surface area contributed by atoms with Crippen LogP contribution in [0.5, 0.6) is 0 Å². The quantitative estimate of drug-likeness (QED) is 0.637. The molecule has 10 heavy (non-hydrogen) atoms. The molecule has 1 N–H and O–H groups in total. The molecule has 0 amide bonds. The monoisotopic (exact) mass is 204 g/mol. The van der Waals surface area contributed by atoms with Crippen molar-refractivity contribution in [2.45, 2.75) is 13.2 Å². The Labute approximate surface area is 68.2 Å². The largest absolute Gasteiger partial charge is 0.368 e. The Hall–Kier alpha value is -0.350. The molecule has 56 valence electrons. The predicted octanol–water partition coefficient (Wildman–Crippen LogP) is 0.905. The van der Waals surface area contributed by atoms with Crippen LogP contribution in [0.2, 0.25) is 0 Å². The van der Waals surface area contributed by atoms with Crippen LogP contribution in [0, 0.1) is 0 Å². The lowest BCUT2D eigenvalue weighted by molar-refractivity contribution is 0.0608. The number of hydrazone groups is 1. The van der Waals surface area contributed by atoms with Gasteiger partial charge in [-0.1, -0.05) is 15.9 Å². The third-order valence-electron chi connectivity index (χ3n) is 1.26. The maximum atomic E-state index is 9.27. The van der Waals surface area contributed by atoms with Gasteiger partial charge < -0.3 is 5.11 Å². The van der Waals surface area contributed by atoms with Crippen molar-refractivity contribution in [1.82, 2.24) is 5.01 Å². The molecule has 0 aromatic carbocycles. The van der Waals surface area contributed by atoms with Gasteiger partial charge in [-0.2, -0.15) is 5.10 Å². The van der Waals surface area contributed by atoms with Gasteiger partial charge in [0.15, 0.2) is 6.23 Å². The standard InChI is InChI=1S/C6H9BrN2O/c1-4-3-5(7)6(10)9(2)8-4/h3,6,10H,1-2H3. The molecule has 1 atom stereocenters. The lowest BCUT2D eigenvalue weighted by atomic mass is 10.3. The first-order valence-corrected chi connectivity index (χ1v) is 3.74. The fourth-order valence-electron chi connectivity index (χ4n) is 0.785. The molecule has 1 rings (SSSR count). The van der Waals surface area contributed by atoms with Gasteiger partial charge in [0.05, 0.1) is 5.71 Å². The van der Waals surface area contributed by atoms with Crippen LogP contribution in [-0.4, -0.2) is 29.1 Å². The van der Waals surface area contributed by atoms with Gasteiger partial charge in [0.25, 0.3) is 0 Å². The first-order valence-electron chi connectivity index (χ1n) is 2.94. The maximum absolute atomic E-state index is 9.27. The second-order valence-electron chi connectivity index (χ2n) is 2.22. The number of likely N-dealkylation sites (N-methyl/N-ethyl adjacent to an activating group) is 1. The maximum Gasteiger partial charge on any atom is 0.174 e. The molecular formula is C6H9BrN2O. The minimum absolute atomic E-state index is 0.622. The van der Waals surface area contributed by atoms with Gasteiger partial charge in [0, 0.05) is 11.5 Å². The third-order valence-corrected chi connectivity index (χ3v) is 1.90. The van der Waals surface area contributed by atoms with Gasteiger partial charge in [0.1, 0.15) is 0 Å². The van der Waals surface area contributed by atoms with E-state index in [0.29, 0.717) is 0 Å². The normalized spacial score (nSPS) is 26.0. The molecule has 1 heterocycles. The highest BCUT2D eigenvalue weighted by molar-refractivity contribution is 9.11. The molecular weight excluding hydrogens is 196 g/mol. The van der Waals surface area contributed by atoms with Crippen LogP contribution >= 0.6 is 15.9 Å². The van der Waals surface area contributed by atoms with Crippen molar-refractivity contribution in [2.24, 2.45) is 5.10 Å². The summed E-state index contributed by atoms with van der Waals surface area (Å²) in [4.78, 5) is 0. The van der Waals surface area contributed by atoms with Crippen LogP contribution in [0.3, 0.4) is 0 Å². The zero-order valence-electron chi connectivity index (χ0n) is 5.87. The highest BCUT2D eigenvalue weighted by atomic mass is 79.9. The van der Waals surface area contributed by atoms with Crippen LogP contribution in [0.4, 0.5) is 0 Å². The summed E-state index contributed by atoms with van der Waals surface area (Å²) >= 11 is 3.22. The first-order chi connectivity index (χ1) is 4.61. The van der Waals surface area contributed by atoms with Crippen molar-refractivity contribution in [3.05, 3.63) is 10.6 Å². The third kappa shape index (κ3) is 1.38. The van der Waals surface area contributed by atoms with Crippen molar-refractivity contribution in [3.8, 4) is 0 Å². The van der Waals surface area contributed by atoms with Gasteiger partial charge in [-0.05, 0) is 13.0 Å². The number of rotatable bonds is 0. The van der Waals surface area contributed by atoms with Crippen molar-refractivity contribution in [2.75, 3.05) is 7.05 Å². The van der Waals surface area contributed by atoms with E-state index in [-0.39, 0.29) is 0 Å². The van der Waals surface area contributed by atoms with Crippen molar-refractivity contribution < 1.29 is 5.11 Å². The predicted molar refractivity (Wildman–Crippen MR) is 43.9 cm³/mol. The highest BCUT2D eigenvalue weighted by Gasteiger charge is 2.16. The molecule has 3 nitrogen and oxygen atoms in total. The lowest BCUT2D eigenvalue weighted by Gasteiger charge is -2.23. The number of hydrogen-bond acceptors (Lipinski definition) is 3. The minimum atomic E-state index is -0.622. The SMILES string of the molecule is CC1=NN(C)C(O)C(Br)=C1. The second-order valence-corrected chi connectivity index (χ2v) is 3.13. The minimum Gasteiger partial charge on any atom is -0.368 e. The number of aliphatic hydroxyl groups excluding tert-OH is 1. The summed E-state index contributed by atoms with van der Waals surface area (Å²) in [5.74, 6) is 0. The van der Waals surface area contributed by atoms with E-state index in [2.05, 4.69) is 21.0 Å². The Morgan fingerprint density at radius 2 is 2.40 bits per heavy atom. The van der Waals surface area contributed by atoms with Gasteiger partial charge in [-0.25, -0.2) is 0 Å². The molecule has 0 bridgehead atoms. The molecule has 0 saturated carbocycles. The summed E-state index contributed by atoms with van der Waals surface area (Å²) in [7, 11) is 1.72. The topological polar surface area (TPSA) is 35.8 Å². The van der Waals surface area contributed by atoms with Gasteiger partial charge in [0.2, 0.25) is 0 Å². The average molecular weight is 205 g/mol. The molecule has 1 unspecified atom stereocenters. The van der Waals surface area contributed by atoms with E-state index in [1.54, 1.807) is 13.1 Å². The summed E-state index contributed by atoms with van der Waals surface area (Å²) in [6, 6.07) is 0. The van der Waals surface area contributed by atoms with E-state index >= 15 is 0 Å². The zero-order chi connectivity index (χ0) is 7.72. The Balaban J connectivity index is 2.85. The van der Waals surface area contributed by atoms with Crippen LogP contribution in [0.25, 0.3) is 0 Å². The molecule has 0 spiro atoms. The Morgan fingerprint density at radius 1 is 1.80 bits per heavy atom. The van der Waals surface area contributed by atoms with Crippen molar-refractivity contribution in [3.63, 3.8) is 0 Å². The lowest BCUT2D eigenvalue weighted by Crippen LogP contribution is -2.30. The molecule has 0 aromatic heterocycles. The fourth-order valence-corrected chi connectivity index (χ4v) is 1.41. The average Bonchev–Trinajstić information content (AvgIpc) is 1.82. The Morgan fingerprint density at radius 3 is 2.90 bits per heavy atom. The number of halogens is 1. The van der Waals surface area contributed by atoms with E-state index in [0.717, 1.165) is 10.2 Å². The summed E-state index contributed by atoms with van der Waals surface area (Å²) in [6.07, 6.45) is 1.17. The number of nitrogens with zero attached hydrogens (tertiary/aromatic N) is 2. The summed E-state index contributed by atoms with van der Waals surface area (Å²) < 4.78 is 0.752. The van der Waals surface area contributed by atoms with E-state index < -0.39 is 6.23 Å². The first kappa shape index (κ1) is 7.75. The fraction of sp³-hybridized carbons (Fsp3) is 0.500. The summed E-state index contributed by atoms with van der Waals surface area (Å²) in [5.41, 5.74) is 0.889. The van der Waals surface area contributed by atoms with Gasteiger partial charge in [-0.15, -0.1) is 0 Å². The van der Waals surface area contributed by atoms with Crippen LogP contribution in [-0.2, 0) is 0 Å². The highest BCUT2D eigenvalue weighted by Crippen LogP contribution is 2.17. The van der Waals surface area contributed by atoms with Crippen LogP contribution < -0.4 is 0 Å². The molecule has 0 fully saturated rings. The molecule has 0 radical (unpaired) electrons. The summed E-state index contributed by atoms with van der Waals surface area (Å²) in [6.45, 7) is 1.88. The van der Waals surface area contributed by atoms with Crippen LogP contribution in [0.1, 0.15) is 6.92 Å². The molecule has 1 aliphatic rings. The van der Waals surface area contributed by atoms with E-state index in [4.69, 9.17) is 0 Å². The number of aliphatic hydroxyl groups is 1. The molecule has 0 aromatic rings. The summed E-state index contributed by atoms with van der Waals surface area (Å²) in [5, 5.41) is 14.8. The van der Waals surface area contributed by atoms with E-state index in [1.807, 2.05) is 6.92 Å². The molecule has 0 saturated heterocycles. The Kier molecular flexibility index (Phi) is 2.11. The molecule has 4 heteroatoms. The van der Waals surface area contributed by atoms with Crippen LogP contribution in [0.15, 0.2) is 15.7 Å². The second kappa shape index (κ2) is 2.72. The van der Waals surface area contributed by atoms with E-state index in [9.17, 15) is 5.11 Å². The Bertz CT molecular complexity index is 200. The number of hydrogen-bond donors (Lipinski definition) is 1. The van der Waals surface area contributed by atoms with E-state index in [1.165, 1.54) is 5.01 Å². The molecule has 0 aliphatic carbocycles. The molecule has 1 aliphatic heterocycles.